The van der Waals surface area contributed by atoms with Crippen LogP contribution in [-0.4, -0.2) is 41.6 Å². The highest BCUT2D eigenvalue weighted by Gasteiger charge is 1.99. The summed E-state index contributed by atoms with van der Waals surface area (Å²) >= 11 is 0. The summed E-state index contributed by atoms with van der Waals surface area (Å²) in [7, 11) is 2.18. The van der Waals surface area contributed by atoms with Gasteiger partial charge >= 0.3 is 0 Å². The molecule has 0 bridgehead atoms. The maximum atomic E-state index is 5.78. The van der Waals surface area contributed by atoms with Crippen molar-refractivity contribution in [2.75, 3.05) is 26.7 Å². The molecule has 1 aromatic heterocycles. The highest BCUT2D eigenvalue weighted by molar-refractivity contribution is 5.46. The van der Waals surface area contributed by atoms with Crippen LogP contribution in [0.1, 0.15) is 45.2 Å². The number of H-pyrrole nitrogens is 1. The van der Waals surface area contributed by atoms with Gasteiger partial charge in [-0.2, -0.15) is 0 Å². The van der Waals surface area contributed by atoms with E-state index in [-0.39, 0.29) is 0 Å². The van der Waals surface area contributed by atoms with Gasteiger partial charge in [-0.15, -0.1) is 0 Å². The summed E-state index contributed by atoms with van der Waals surface area (Å²) in [5.41, 5.74) is 0.980. The van der Waals surface area contributed by atoms with Crippen LogP contribution in [0, 0.1) is 0 Å². The number of allylic oxidation sites excluding steroid dienone is 2. The third-order valence-corrected chi connectivity index (χ3v) is 3.33. The van der Waals surface area contributed by atoms with Crippen LogP contribution in [0.15, 0.2) is 30.4 Å². The molecule has 1 rings (SSSR count). The molecule has 0 unspecified atom stereocenters. The molecule has 0 aliphatic carbocycles. The van der Waals surface area contributed by atoms with E-state index < -0.39 is 0 Å². The van der Waals surface area contributed by atoms with Crippen LogP contribution in [-0.2, 0) is 4.74 Å². The number of hydrogen-bond acceptors (Lipinski definition) is 3. The Hall–Kier alpha value is -1.55. The molecule has 1 N–H and O–H groups in total. The van der Waals surface area contributed by atoms with E-state index in [9.17, 15) is 0 Å². The van der Waals surface area contributed by atoms with Crippen molar-refractivity contribution in [3.05, 3.63) is 36.1 Å². The van der Waals surface area contributed by atoms with Crippen LogP contribution in [0.5, 0.6) is 0 Å². The first kappa shape index (κ1) is 17.5. The zero-order valence-electron chi connectivity index (χ0n) is 13.6. The second kappa shape index (κ2) is 11.1. The smallest absolute Gasteiger partial charge is 0.115 e. The van der Waals surface area contributed by atoms with E-state index in [4.69, 9.17) is 4.74 Å². The Morgan fingerprint density at radius 2 is 2.14 bits per heavy atom. The monoisotopic (exact) mass is 291 g/mol. The van der Waals surface area contributed by atoms with Crippen molar-refractivity contribution >= 4 is 6.08 Å². The number of unbranched alkanes of at least 4 members (excludes halogenated alkanes) is 2. The lowest BCUT2D eigenvalue weighted by Crippen LogP contribution is -2.21. The first-order valence-corrected chi connectivity index (χ1v) is 7.90. The van der Waals surface area contributed by atoms with Gasteiger partial charge in [0.25, 0.3) is 0 Å². The molecule has 1 aromatic rings. The van der Waals surface area contributed by atoms with Crippen LogP contribution in [0.3, 0.4) is 0 Å². The van der Waals surface area contributed by atoms with Crippen molar-refractivity contribution < 1.29 is 4.74 Å². The largest absolute Gasteiger partial charge is 0.494 e. The van der Waals surface area contributed by atoms with E-state index in [0.29, 0.717) is 0 Å². The van der Waals surface area contributed by atoms with Crippen LogP contribution < -0.4 is 0 Å². The molecule has 21 heavy (non-hydrogen) atoms. The van der Waals surface area contributed by atoms with Gasteiger partial charge in [-0.05, 0) is 51.6 Å². The lowest BCUT2D eigenvalue weighted by Gasteiger charge is -2.16. The summed E-state index contributed by atoms with van der Waals surface area (Å²) in [6, 6.07) is 0. The third-order valence-electron chi connectivity index (χ3n) is 3.33. The van der Waals surface area contributed by atoms with Gasteiger partial charge in [0, 0.05) is 6.54 Å². The second-order valence-corrected chi connectivity index (χ2v) is 5.24. The lowest BCUT2D eigenvalue weighted by molar-refractivity contribution is 0.199. The predicted molar refractivity (Wildman–Crippen MR) is 89.0 cm³/mol. The summed E-state index contributed by atoms with van der Waals surface area (Å²) in [5, 5.41) is 0. The molecule has 1 heterocycles. The Bertz CT molecular complexity index is 410. The van der Waals surface area contributed by atoms with Crippen LogP contribution in [0.4, 0.5) is 0 Å². The molecule has 0 saturated carbocycles. The van der Waals surface area contributed by atoms with Gasteiger partial charge < -0.3 is 14.6 Å². The molecule has 4 nitrogen and oxygen atoms in total. The van der Waals surface area contributed by atoms with Crippen molar-refractivity contribution in [2.45, 2.75) is 39.5 Å². The lowest BCUT2D eigenvalue weighted by atomic mass is 10.2. The zero-order chi connectivity index (χ0) is 15.3. The number of imidazole rings is 1. The van der Waals surface area contributed by atoms with Crippen molar-refractivity contribution in [2.24, 2.45) is 0 Å². The Balaban J connectivity index is 2.15. The molecule has 4 heteroatoms. The normalized spacial score (nSPS) is 12.5. The highest BCUT2D eigenvalue weighted by atomic mass is 16.5. The minimum Gasteiger partial charge on any atom is -0.494 e. The molecule has 0 aromatic carbocycles. The summed E-state index contributed by atoms with van der Waals surface area (Å²) in [4.78, 5) is 9.40. The number of nitrogens with zero attached hydrogens (tertiary/aromatic N) is 2. The zero-order valence-corrected chi connectivity index (χ0v) is 13.6. The molecule has 0 spiro atoms. The molecule has 0 aliphatic rings. The number of nitrogens with one attached hydrogen (secondary N) is 1. The van der Waals surface area contributed by atoms with Crippen molar-refractivity contribution in [1.82, 2.24) is 14.9 Å². The number of aromatic amines is 1. The van der Waals surface area contributed by atoms with Crippen molar-refractivity contribution in [3.8, 4) is 0 Å². The Labute approximate surface area is 128 Å². The number of hydrogen-bond donors (Lipinski definition) is 1. The average molecular weight is 291 g/mol. The molecule has 0 atom stereocenters. The van der Waals surface area contributed by atoms with Crippen molar-refractivity contribution in [3.63, 3.8) is 0 Å². The van der Waals surface area contributed by atoms with Crippen LogP contribution in [0.25, 0.3) is 6.08 Å². The fourth-order valence-corrected chi connectivity index (χ4v) is 2.03. The Morgan fingerprint density at radius 1 is 1.33 bits per heavy atom. The summed E-state index contributed by atoms with van der Waals surface area (Å²) in [6.07, 6.45) is 14.3. The summed E-state index contributed by atoms with van der Waals surface area (Å²) < 4.78 is 5.78. The molecule has 118 valence electrons. The summed E-state index contributed by atoms with van der Waals surface area (Å²) in [5.74, 6) is 0.901. The SMILES string of the molecule is C/C=C(\C=C/c1cnc[nH]1)OCCCN(C)CCCCC. The maximum absolute atomic E-state index is 5.78. The predicted octanol–water partition coefficient (Wildman–Crippen LogP) is 3.86. The number of aromatic nitrogens is 2. The van der Waals surface area contributed by atoms with Crippen LogP contribution >= 0.6 is 0 Å². The molecule has 0 saturated heterocycles. The van der Waals surface area contributed by atoms with Gasteiger partial charge in [-0.25, -0.2) is 4.98 Å². The topological polar surface area (TPSA) is 41.1 Å². The molecule has 0 fully saturated rings. The second-order valence-electron chi connectivity index (χ2n) is 5.24. The van der Waals surface area contributed by atoms with Gasteiger partial charge in [0.15, 0.2) is 0 Å². The molecular weight excluding hydrogens is 262 g/mol. The fourth-order valence-electron chi connectivity index (χ4n) is 2.03. The van der Waals surface area contributed by atoms with E-state index in [1.165, 1.54) is 25.8 Å². The van der Waals surface area contributed by atoms with Gasteiger partial charge in [0.05, 0.1) is 24.8 Å². The van der Waals surface area contributed by atoms with Crippen molar-refractivity contribution in [1.29, 1.82) is 0 Å². The highest BCUT2D eigenvalue weighted by Crippen LogP contribution is 2.05. The Kier molecular flexibility index (Phi) is 9.29. The van der Waals surface area contributed by atoms with E-state index in [2.05, 4.69) is 28.8 Å². The molecule has 0 amide bonds. The van der Waals surface area contributed by atoms with Crippen LogP contribution in [0.2, 0.25) is 0 Å². The van der Waals surface area contributed by atoms with E-state index in [1.54, 1.807) is 12.5 Å². The van der Waals surface area contributed by atoms with Gasteiger partial charge in [0.1, 0.15) is 5.76 Å². The quantitative estimate of drug-likeness (QED) is 0.382. The molecule has 0 radical (unpaired) electrons. The molecular formula is C17H29N3O. The van der Waals surface area contributed by atoms with E-state index in [1.807, 2.05) is 25.2 Å². The standard InChI is InChI=1S/C17H29N3O/c1-4-6-7-11-20(3)12-8-13-21-17(5-2)10-9-16-14-18-15-19-16/h5,9-10,14-15H,4,6-8,11-13H2,1-3H3,(H,18,19)/b10-9-,17-5+. The minimum atomic E-state index is 0.755. The number of ether oxygens (including phenoxy) is 1. The first-order valence-electron chi connectivity index (χ1n) is 7.90. The van der Waals surface area contributed by atoms with Gasteiger partial charge in [0.2, 0.25) is 0 Å². The number of rotatable bonds is 11. The molecule has 0 aliphatic heterocycles. The summed E-state index contributed by atoms with van der Waals surface area (Å²) in [6.45, 7) is 7.26. The van der Waals surface area contributed by atoms with E-state index in [0.717, 1.165) is 31.0 Å². The van der Waals surface area contributed by atoms with E-state index >= 15 is 0 Å². The first-order chi connectivity index (χ1) is 10.3. The Morgan fingerprint density at radius 3 is 2.81 bits per heavy atom. The third kappa shape index (κ3) is 8.35. The van der Waals surface area contributed by atoms with Gasteiger partial charge in [-0.1, -0.05) is 19.8 Å². The average Bonchev–Trinajstić information content (AvgIpc) is 3.00. The minimum absolute atomic E-state index is 0.755. The van der Waals surface area contributed by atoms with Gasteiger partial charge in [-0.3, -0.25) is 0 Å². The fraction of sp³-hybridized carbons (Fsp3) is 0.588. The maximum Gasteiger partial charge on any atom is 0.115 e.